The van der Waals surface area contributed by atoms with Crippen molar-refractivity contribution >= 4 is 5.71 Å². The van der Waals surface area contributed by atoms with Gasteiger partial charge in [0.1, 0.15) is 6.10 Å². The lowest BCUT2D eigenvalue weighted by molar-refractivity contribution is -0.00696. The van der Waals surface area contributed by atoms with Gasteiger partial charge in [-0.1, -0.05) is 6.07 Å². The van der Waals surface area contributed by atoms with Gasteiger partial charge in [0, 0.05) is 17.0 Å². The maximum absolute atomic E-state index is 6.49. The smallest absolute Gasteiger partial charge is 0.166 e. The highest BCUT2D eigenvalue weighted by Gasteiger charge is 2.64. The summed E-state index contributed by atoms with van der Waals surface area (Å²) >= 11 is 0. The molecule has 2 aliphatic carbocycles. The van der Waals surface area contributed by atoms with Crippen LogP contribution in [-0.2, 0) is 11.8 Å². The van der Waals surface area contributed by atoms with Crippen LogP contribution in [0.5, 0.6) is 11.5 Å². The molecule has 0 amide bonds. The molecule has 2 fully saturated rings. The molecule has 1 saturated carbocycles. The monoisotopic (exact) mass is 313 g/mol. The molecule has 1 unspecified atom stereocenters. The van der Waals surface area contributed by atoms with E-state index < -0.39 is 0 Å². The minimum Gasteiger partial charge on any atom is -0.493 e. The van der Waals surface area contributed by atoms with E-state index in [1.54, 1.807) is 7.11 Å². The quantitative estimate of drug-likeness (QED) is 0.633. The molecular weight excluding hydrogens is 290 g/mol. The second-order valence-corrected chi connectivity index (χ2v) is 7.44. The van der Waals surface area contributed by atoms with Crippen LogP contribution in [0.4, 0.5) is 0 Å². The summed E-state index contributed by atoms with van der Waals surface area (Å²) in [6, 6.07) is 4.89. The summed E-state index contributed by atoms with van der Waals surface area (Å²) in [6.45, 7) is 1.11. The second kappa shape index (κ2) is 4.41. The highest BCUT2D eigenvalue weighted by Crippen LogP contribution is 2.63. The zero-order valence-electron chi connectivity index (χ0n) is 13.7. The van der Waals surface area contributed by atoms with Gasteiger partial charge in [0.2, 0.25) is 0 Å². The summed E-state index contributed by atoms with van der Waals surface area (Å²) in [5.41, 5.74) is 3.90. The first-order valence-corrected chi connectivity index (χ1v) is 8.54. The van der Waals surface area contributed by atoms with Gasteiger partial charge in [0.15, 0.2) is 11.5 Å². The van der Waals surface area contributed by atoms with Crippen molar-refractivity contribution in [3.8, 4) is 11.5 Å². The first-order valence-electron chi connectivity index (χ1n) is 8.54. The fourth-order valence-corrected chi connectivity index (χ4v) is 5.82. The average molecular weight is 313 g/mol. The number of hydrazone groups is 1. The van der Waals surface area contributed by atoms with E-state index in [0.29, 0.717) is 12.0 Å². The zero-order valence-corrected chi connectivity index (χ0v) is 13.7. The maximum Gasteiger partial charge on any atom is 0.166 e. The molecule has 5 heteroatoms. The lowest BCUT2D eigenvalue weighted by Crippen LogP contribution is -2.65. The SMILES string of the molecule is COc1ccc2c3c1OC1/C(=N\N)CC[C@H]4[C@@H](C2)N(C)CC[C@]314. The lowest BCUT2D eigenvalue weighted by Gasteiger charge is -2.57. The molecular formula is C18H23N3O2. The minimum atomic E-state index is -0.00667. The van der Waals surface area contributed by atoms with Crippen molar-refractivity contribution in [2.45, 2.75) is 43.2 Å². The number of hydrogen-bond donors (Lipinski definition) is 1. The van der Waals surface area contributed by atoms with Crippen molar-refractivity contribution in [3.63, 3.8) is 0 Å². The van der Waals surface area contributed by atoms with E-state index in [1.165, 1.54) is 11.1 Å². The Morgan fingerprint density at radius 1 is 1.43 bits per heavy atom. The van der Waals surface area contributed by atoms with E-state index >= 15 is 0 Å². The molecule has 23 heavy (non-hydrogen) atoms. The number of likely N-dealkylation sites (N-methyl/N-ethyl adjacent to an activating group) is 1. The minimum absolute atomic E-state index is 0.00667. The molecule has 4 aliphatic rings. The molecule has 1 aromatic rings. The first kappa shape index (κ1) is 13.7. The van der Waals surface area contributed by atoms with Crippen LogP contribution in [0.25, 0.3) is 0 Å². The second-order valence-electron chi connectivity index (χ2n) is 7.44. The Bertz CT molecular complexity index is 716. The number of nitrogens with two attached hydrogens (primary N) is 1. The van der Waals surface area contributed by atoms with Gasteiger partial charge in [0.05, 0.1) is 12.8 Å². The van der Waals surface area contributed by atoms with Crippen molar-refractivity contribution in [2.24, 2.45) is 16.9 Å². The fraction of sp³-hybridized carbons (Fsp3) is 0.611. The molecule has 122 valence electrons. The van der Waals surface area contributed by atoms with Gasteiger partial charge < -0.3 is 20.2 Å². The molecule has 0 radical (unpaired) electrons. The van der Waals surface area contributed by atoms with E-state index in [1.807, 2.05) is 0 Å². The van der Waals surface area contributed by atoms with Crippen LogP contribution in [0.15, 0.2) is 17.2 Å². The third-order valence-electron chi connectivity index (χ3n) is 6.78. The Balaban J connectivity index is 1.80. The summed E-state index contributed by atoms with van der Waals surface area (Å²) in [5, 5.41) is 4.12. The van der Waals surface area contributed by atoms with Crippen LogP contribution in [0.1, 0.15) is 30.4 Å². The topological polar surface area (TPSA) is 60.1 Å². The van der Waals surface area contributed by atoms with Crippen molar-refractivity contribution in [3.05, 3.63) is 23.3 Å². The lowest BCUT2D eigenvalue weighted by atomic mass is 9.51. The molecule has 2 heterocycles. The van der Waals surface area contributed by atoms with Crippen molar-refractivity contribution < 1.29 is 9.47 Å². The molecule has 2 N–H and O–H groups in total. The zero-order chi connectivity index (χ0) is 15.8. The number of ether oxygens (including phenoxy) is 2. The van der Waals surface area contributed by atoms with E-state index in [2.05, 4.69) is 29.2 Å². The molecule has 0 aromatic heterocycles. The number of hydrogen-bond acceptors (Lipinski definition) is 5. The number of likely N-dealkylation sites (tertiary alicyclic amines) is 1. The van der Waals surface area contributed by atoms with Crippen LogP contribution in [0, 0.1) is 5.92 Å². The molecule has 4 atom stereocenters. The molecule has 1 aromatic carbocycles. The molecule has 1 spiro atoms. The number of benzene rings is 1. The van der Waals surface area contributed by atoms with Gasteiger partial charge in [-0.2, -0.15) is 5.10 Å². The largest absolute Gasteiger partial charge is 0.493 e. The summed E-state index contributed by atoms with van der Waals surface area (Å²) in [5.74, 6) is 8.15. The third kappa shape index (κ3) is 1.45. The van der Waals surface area contributed by atoms with Crippen LogP contribution in [-0.4, -0.2) is 43.5 Å². The molecule has 5 nitrogen and oxygen atoms in total. The van der Waals surface area contributed by atoms with E-state index in [9.17, 15) is 0 Å². The summed E-state index contributed by atoms with van der Waals surface area (Å²) in [6.07, 6.45) is 4.32. The number of nitrogens with zero attached hydrogens (tertiary/aromatic N) is 2. The Kier molecular flexibility index (Phi) is 2.62. The van der Waals surface area contributed by atoms with E-state index in [4.69, 9.17) is 15.3 Å². The summed E-state index contributed by atoms with van der Waals surface area (Å²) < 4.78 is 12.1. The summed E-state index contributed by atoms with van der Waals surface area (Å²) in [7, 11) is 3.99. The van der Waals surface area contributed by atoms with Crippen molar-refractivity contribution in [1.82, 2.24) is 4.90 Å². The van der Waals surface area contributed by atoms with Crippen LogP contribution in [0.2, 0.25) is 0 Å². The van der Waals surface area contributed by atoms with Crippen LogP contribution < -0.4 is 15.3 Å². The first-order chi connectivity index (χ1) is 11.2. The van der Waals surface area contributed by atoms with Crippen LogP contribution in [0.3, 0.4) is 0 Å². The Morgan fingerprint density at radius 2 is 2.30 bits per heavy atom. The predicted octanol–water partition coefficient (Wildman–Crippen LogP) is 1.68. The van der Waals surface area contributed by atoms with E-state index in [0.717, 1.165) is 49.4 Å². The van der Waals surface area contributed by atoms with Gasteiger partial charge in [0.25, 0.3) is 0 Å². The molecule has 5 rings (SSSR count). The normalized spacial score (nSPS) is 39.0. The molecule has 1 saturated heterocycles. The Morgan fingerprint density at radius 3 is 3.09 bits per heavy atom. The van der Waals surface area contributed by atoms with Gasteiger partial charge in [-0.05, 0) is 56.8 Å². The van der Waals surface area contributed by atoms with Gasteiger partial charge >= 0.3 is 0 Å². The Hall–Kier alpha value is -1.75. The fourth-order valence-electron chi connectivity index (χ4n) is 5.82. The van der Waals surface area contributed by atoms with Crippen molar-refractivity contribution in [2.75, 3.05) is 20.7 Å². The summed E-state index contributed by atoms with van der Waals surface area (Å²) in [4.78, 5) is 2.54. The van der Waals surface area contributed by atoms with E-state index in [-0.39, 0.29) is 11.5 Å². The average Bonchev–Trinajstić information content (AvgIpc) is 2.92. The third-order valence-corrected chi connectivity index (χ3v) is 6.78. The number of rotatable bonds is 1. The number of piperidine rings is 1. The standard InChI is InChI=1S/C18H23N3O2/c1-21-8-7-18-11-4-5-12(20-19)17(18)23-16-14(22-2)6-3-10(15(16)18)9-13(11)21/h3,6,11,13,17H,4-5,7-9,19H2,1-2H3/b20-12-/t11-,13+,17?,18-/m0/s1. The molecule has 2 bridgehead atoms. The number of methoxy groups -OCH3 is 1. The highest BCUT2D eigenvalue weighted by atomic mass is 16.5. The molecule has 2 aliphatic heterocycles. The highest BCUT2D eigenvalue weighted by molar-refractivity contribution is 5.93. The van der Waals surface area contributed by atoms with Gasteiger partial charge in [-0.3, -0.25) is 0 Å². The van der Waals surface area contributed by atoms with Crippen molar-refractivity contribution in [1.29, 1.82) is 0 Å². The van der Waals surface area contributed by atoms with Crippen LogP contribution >= 0.6 is 0 Å². The van der Waals surface area contributed by atoms with Gasteiger partial charge in [-0.15, -0.1) is 0 Å². The van der Waals surface area contributed by atoms with Gasteiger partial charge in [-0.25, -0.2) is 0 Å². The maximum atomic E-state index is 6.49. The predicted molar refractivity (Wildman–Crippen MR) is 88.2 cm³/mol. The Labute approximate surface area is 136 Å².